The van der Waals surface area contributed by atoms with E-state index in [-0.39, 0.29) is 18.2 Å². The Hall–Kier alpha value is -2.90. The third-order valence-corrected chi connectivity index (χ3v) is 5.06. The van der Waals surface area contributed by atoms with E-state index < -0.39 is 11.9 Å². The fourth-order valence-corrected chi connectivity index (χ4v) is 3.09. The van der Waals surface area contributed by atoms with Gasteiger partial charge in [-0.2, -0.15) is 0 Å². The van der Waals surface area contributed by atoms with E-state index in [1.54, 1.807) is 36.4 Å². The van der Waals surface area contributed by atoms with Crippen molar-refractivity contribution in [1.82, 2.24) is 9.55 Å². The summed E-state index contributed by atoms with van der Waals surface area (Å²) in [5.74, 6) is -1.03. The molecule has 0 saturated heterocycles. The highest BCUT2D eigenvalue weighted by Crippen LogP contribution is 2.27. The van der Waals surface area contributed by atoms with Crippen molar-refractivity contribution in [2.24, 2.45) is 0 Å². The Morgan fingerprint density at radius 3 is 2.62 bits per heavy atom. The van der Waals surface area contributed by atoms with Crippen molar-refractivity contribution in [1.29, 1.82) is 0 Å². The van der Waals surface area contributed by atoms with Gasteiger partial charge in [0.2, 0.25) is 0 Å². The Balaban J connectivity index is 1.88. The van der Waals surface area contributed by atoms with E-state index in [1.165, 1.54) is 17.8 Å². The van der Waals surface area contributed by atoms with E-state index >= 15 is 0 Å². The van der Waals surface area contributed by atoms with Crippen molar-refractivity contribution in [3.05, 3.63) is 68.7 Å². The van der Waals surface area contributed by atoms with Gasteiger partial charge in [-0.05, 0) is 42.8 Å². The summed E-state index contributed by atoms with van der Waals surface area (Å²) in [5.41, 5.74) is 1.46. The molecule has 0 aliphatic carbocycles. The van der Waals surface area contributed by atoms with E-state index in [9.17, 15) is 14.4 Å². The topological polar surface area (TPSA) is 90.3 Å². The number of esters is 1. The number of halogens is 2. The second-order valence-corrected chi connectivity index (χ2v) is 7.18. The highest BCUT2D eigenvalue weighted by molar-refractivity contribution is 6.42. The fourth-order valence-electron chi connectivity index (χ4n) is 2.79. The van der Waals surface area contributed by atoms with Crippen molar-refractivity contribution in [3.8, 4) is 0 Å². The van der Waals surface area contributed by atoms with Crippen LogP contribution in [-0.4, -0.2) is 28.0 Å². The number of nitrogens with zero attached hydrogens (tertiary/aromatic N) is 2. The summed E-state index contributed by atoms with van der Waals surface area (Å²) in [7, 11) is 0. The molecule has 0 aliphatic heterocycles. The van der Waals surface area contributed by atoms with E-state index in [4.69, 9.17) is 23.2 Å². The average molecular weight is 434 g/mol. The summed E-state index contributed by atoms with van der Waals surface area (Å²) in [6.45, 7) is 2.69. The van der Waals surface area contributed by atoms with Crippen LogP contribution >= 0.6 is 23.2 Å². The molecule has 2 aromatic carbocycles. The minimum absolute atomic E-state index is 0.230. The second-order valence-electron chi connectivity index (χ2n) is 6.37. The smallest absolute Gasteiger partial charge is 0.303 e. The van der Waals surface area contributed by atoms with E-state index in [1.807, 2.05) is 6.92 Å². The number of fused-ring (bicyclic) bond motifs is 1. The van der Waals surface area contributed by atoms with Gasteiger partial charge in [0.25, 0.3) is 11.5 Å². The molecule has 0 fully saturated rings. The van der Waals surface area contributed by atoms with Crippen LogP contribution in [0.15, 0.2) is 47.5 Å². The number of anilines is 1. The van der Waals surface area contributed by atoms with Gasteiger partial charge in [-0.15, -0.1) is 0 Å². The Morgan fingerprint density at radius 2 is 1.93 bits per heavy atom. The number of nitrogens with one attached hydrogen (secondary N) is 1. The standard InChI is InChI=1S/C20H17Cl2N3O4/c1-11(13-3-6-16(21)17(22)7-13)25-10-23-18-8-14(4-5-15(18)20(25)28)24-19(27)9-29-12(2)26/h3-8,10-11H,9H2,1-2H3,(H,24,27). The average Bonchev–Trinajstić information content (AvgIpc) is 2.68. The zero-order valence-electron chi connectivity index (χ0n) is 15.6. The first-order chi connectivity index (χ1) is 13.8. The number of ether oxygens (including phenoxy) is 1. The van der Waals surface area contributed by atoms with Gasteiger partial charge >= 0.3 is 5.97 Å². The number of amides is 1. The van der Waals surface area contributed by atoms with Crippen LogP contribution in [-0.2, 0) is 14.3 Å². The molecule has 1 atom stereocenters. The summed E-state index contributed by atoms with van der Waals surface area (Å²) >= 11 is 12.0. The molecule has 1 heterocycles. The lowest BCUT2D eigenvalue weighted by molar-refractivity contribution is -0.144. The number of carbonyl (C=O) groups excluding carboxylic acids is 2. The van der Waals surface area contributed by atoms with Gasteiger partial charge in [-0.1, -0.05) is 29.3 Å². The molecule has 1 amide bonds. The fraction of sp³-hybridized carbons (Fsp3) is 0.200. The molecule has 0 radical (unpaired) electrons. The molecule has 1 N–H and O–H groups in total. The number of hydrogen-bond donors (Lipinski definition) is 1. The number of carbonyl (C=O) groups is 2. The van der Waals surface area contributed by atoms with Crippen molar-refractivity contribution in [2.45, 2.75) is 19.9 Å². The molecule has 150 valence electrons. The van der Waals surface area contributed by atoms with Crippen LogP contribution in [0.1, 0.15) is 25.5 Å². The summed E-state index contributed by atoms with van der Waals surface area (Å²) in [6.07, 6.45) is 1.45. The maximum absolute atomic E-state index is 12.9. The van der Waals surface area contributed by atoms with Gasteiger partial charge in [0.15, 0.2) is 6.61 Å². The molecular weight excluding hydrogens is 417 g/mol. The molecule has 1 unspecified atom stereocenters. The summed E-state index contributed by atoms with van der Waals surface area (Å²) in [5, 5.41) is 3.84. The van der Waals surface area contributed by atoms with Gasteiger partial charge in [-0.25, -0.2) is 4.98 Å². The van der Waals surface area contributed by atoms with Crippen molar-refractivity contribution < 1.29 is 14.3 Å². The SMILES string of the molecule is CC(=O)OCC(=O)Nc1ccc2c(=O)n(C(C)c3ccc(Cl)c(Cl)c3)cnc2c1. The maximum atomic E-state index is 12.9. The quantitative estimate of drug-likeness (QED) is 0.617. The highest BCUT2D eigenvalue weighted by Gasteiger charge is 2.14. The molecule has 1 aromatic heterocycles. The third kappa shape index (κ3) is 4.75. The highest BCUT2D eigenvalue weighted by atomic mass is 35.5. The second kappa shape index (κ2) is 8.63. The molecule has 0 saturated carbocycles. The van der Waals surface area contributed by atoms with Crippen molar-refractivity contribution in [2.75, 3.05) is 11.9 Å². The number of rotatable bonds is 5. The largest absolute Gasteiger partial charge is 0.456 e. The number of hydrogen-bond acceptors (Lipinski definition) is 5. The zero-order valence-corrected chi connectivity index (χ0v) is 17.1. The first-order valence-electron chi connectivity index (χ1n) is 8.65. The van der Waals surface area contributed by atoms with Crippen LogP contribution < -0.4 is 10.9 Å². The van der Waals surface area contributed by atoms with Crippen LogP contribution in [0.4, 0.5) is 5.69 Å². The Labute approximate surface area is 176 Å². The molecule has 0 aliphatic rings. The monoisotopic (exact) mass is 433 g/mol. The molecule has 9 heteroatoms. The lowest BCUT2D eigenvalue weighted by Gasteiger charge is -2.16. The Kier molecular flexibility index (Phi) is 6.20. The predicted molar refractivity (Wildman–Crippen MR) is 112 cm³/mol. The van der Waals surface area contributed by atoms with Gasteiger partial charge in [0, 0.05) is 12.6 Å². The lowest BCUT2D eigenvalue weighted by atomic mass is 10.1. The molecule has 0 bridgehead atoms. The van der Waals surface area contributed by atoms with E-state index in [0.717, 1.165) is 5.56 Å². The van der Waals surface area contributed by atoms with Crippen LogP contribution in [0.3, 0.4) is 0 Å². The summed E-state index contributed by atoms with van der Waals surface area (Å²) in [6, 6.07) is 9.65. The maximum Gasteiger partial charge on any atom is 0.303 e. The number of benzene rings is 2. The van der Waals surface area contributed by atoms with Crippen LogP contribution in [0.25, 0.3) is 10.9 Å². The third-order valence-electron chi connectivity index (χ3n) is 4.32. The van der Waals surface area contributed by atoms with Gasteiger partial charge in [0.05, 0.1) is 33.3 Å². The molecule has 0 spiro atoms. The summed E-state index contributed by atoms with van der Waals surface area (Å²) < 4.78 is 6.15. The first kappa shape index (κ1) is 20.8. The summed E-state index contributed by atoms with van der Waals surface area (Å²) in [4.78, 5) is 39.8. The van der Waals surface area contributed by atoms with E-state index in [2.05, 4.69) is 15.0 Å². The lowest BCUT2D eigenvalue weighted by Crippen LogP contribution is -2.24. The molecule has 3 rings (SSSR count). The Bertz CT molecular complexity index is 1160. The van der Waals surface area contributed by atoms with Gasteiger partial charge < -0.3 is 10.1 Å². The minimum Gasteiger partial charge on any atom is -0.456 e. The molecule has 29 heavy (non-hydrogen) atoms. The van der Waals surface area contributed by atoms with Gasteiger partial charge in [0.1, 0.15) is 0 Å². The van der Waals surface area contributed by atoms with Gasteiger partial charge in [-0.3, -0.25) is 19.0 Å². The molecule has 3 aromatic rings. The zero-order chi connectivity index (χ0) is 21.1. The first-order valence-corrected chi connectivity index (χ1v) is 9.41. The molecular formula is C20H17Cl2N3O4. The van der Waals surface area contributed by atoms with Crippen LogP contribution in [0.2, 0.25) is 10.0 Å². The normalized spacial score (nSPS) is 11.9. The van der Waals surface area contributed by atoms with Crippen molar-refractivity contribution in [3.63, 3.8) is 0 Å². The number of aromatic nitrogens is 2. The molecule has 7 nitrogen and oxygen atoms in total. The van der Waals surface area contributed by atoms with E-state index in [0.29, 0.717) is 26.6 Å². The minimum atomic E-state index is -0.544. The van der Waals surface area contributed by atoms with Crippen molar-refractivity contribution >= 4 is 51.7 Å². The van der Waals surface area contributed by atoms with Crippen LogP contribution in [0.5, 0.6) is 0 Å². The Morgan fingerprint density at radius 1 is 1.17 bits per heavy atom. The predicted octanol–water partition coefficient (Wildman–Crippen LogP) is 3.81. The van der Waals surface area contributed by atoms with Crippen LogP contribution in [0, 0.1) is 0 Å².